The quantitative estimate of drug-likeness (QED) is 0.368. The van der Waals surface area contributed by atoms with Gasteiger partial charge in [0.25, 0.3) is 15.9 Å². The molecule has 0 unspecified atom stereocenters. The Bertz CT molecular complexity index is 1450. The van der Waals surface area contributed by atoms with Gasteiger partial charge in [0.1, 0.15) is 5.58 Å². The van der Waals surface area contributed by atoms with Crippen LogP contribution in [0.4, 0.5) is 0 Å². The average molecular weight is 437 g/mol. The summed E-state index contributed by atoms with van der Waals surface area (Å²) >= 11 is 0. The highest BCUT2D eigenvalue weighted by atomic mass is 32.2. The van der Waals surface area contributed by atoms with Gasteiger partial charge in [0.2, 0.25) is 0 Å². The summed E-state index contributed by atoms with van der Waals surface area (Å²) in [6.07, 6.45) is 0. The molecule has 0 saturated heterocycles. The number of aryl methyl sites for hydroxylation is 1. The number of benzene rings is 2. The van der Waals surface area contributed by atoms with Gasteiger partial charge in [-0.1, -0.05) is 18.2 Å². The van der Waals surface area contributed by atoms with Crippen LogP contribution in [-0.2, 0) is 10.0 Å². The van der Waals surface area contributed by atoms with Crippen molar-refractivity contribution in [1.82, 2.24) is 14.8 Å². The molecule has 2 N–H and O–H groups in total. The van der Waals surface area contributed by atoms with E-state index in [0.717, 1.165) is 11.4 Å². The zero-order chi connectivity index (χ0) is 22.2. The van der Waals surface area contributed by atoms with Gasteiger partial charge >= 0.3 is 5.63 Å². The molecule has 2 aromatic heterocycles. The number of para-hydroxylation sites is 1. The first-order valence-electron chi connectivity index (χ1n) is 9.37. The zero-order valence-electron chi connectivity index (χ0n) is 16.7. The van der Waals surface area contributed by atoms with Crippen molar-refractivity contribution in [1.29, 1.82) is 0 Å². The molecule has 0 spiro atoms. The molecule has 4 aromatic rings. The predicted molar refractivity (Wildman–Crippen MR) is 116 cm³/mol. The summed E-state index contributed by atoms with van der Waals surface area (Å²) < 4.78 is 32.2. The number of carbonyl (C=O) groups is 1. The Morgan fingerprint density at radius 2 is 1.71 bits per heavy atom. The summed E-state index contributed by atoms with van der Waals surface area (Å²) in [6.45, 7) is 3.66. The van der Waals surface area contributed by atoms with Crippen LogP contribution in [0, 0.1) is 13.8 Å². The molecule has 0 radical (unpaired) electrons. The highest BCUT2D eigenvalue weighted by Crippen LogP contribution is 2.21. The second-order valence-corrected chi connectivity index (χ2v) is 8.65. The Balaban J connectivity index is 1.56. The molecule has 2 aromatic carbocycles. The number of sulfonamides is 1. The van der Waals surface area contributed by atoms with Crippen molar-refractivity contribution >= 4 is 26.9 Å². The molecule has 0 atom stereocenters. The molecule has 158 valence electrons. The standard InChI is InChI=1S/C22H19N3O5S/c1-14-12-19(15(2)25(14)17-6-4-3-5-7-17)22(27)23-24-31(28,29)18-9-10-20-16(13-18)8-11-21(26)30-20/h3-13,24H,1-2H3,(H,23,27). The maximum Gasteiger partial charge on any atom is 0.336 e. The van der Waals surface area contributed by atoms with Crippen molar-refractivity contribution in [3.63, 3.8) is 0 Å². The molecule has 9 heteroatoms. The van der Waals surface area contributed by atoms with E-state index < -0.39 is 21.6 Å². The highest BCUT2D eigenvalue weighted by Gasteiger charge is 2.20. The Morgan fingerprint density at radius 1 is 0.968 bits per heavy atom. The number of nitrogens with one attached hydrogen (secondary N) is 2. The van der Waals surface area contributed by atoms with Crippen LogP contribution in [-0.4, -0.2) is 18.9 Å². The Hall–Kier alpha value is -3.69. The number of rotatable bonds is 5. The second kappa shape index (κ2) is 7.86. The number of fused-ring (bicyclic) bond motifs is 1. The van der Waals surface area contributed by atoms with Gasteiger partial charge in [0.05, 0.1) is 10.5 Å². The van der Waals surface area contributed by atoms with Gasteiger partial charge in [-0.15, -0.1) is 4.83 Å². The Morgan fingerprint density at radius 3 is 2.45 bits per heavy atom. The smallest absolute Gasteiger partial charge is 0.336 e. The summed E-state index contributed by atoms with van der Waals surface area (Å²) in [5.41, 5.74) is 4.78. The minimum Gasteiger partial charge on any atom is -0.423 e. The third-order valence-electron chi connectivity index (χ3n) is 4.89. The van der Waals surface area contributed by atoms with E-state index in [1.807, 2.05) is 41.8 Å². The van der Waals surface area contributed by atoms with Gasteiger partial charge in [-0.05, 0) is 56.3 Å². The van der Waals surface area contributed by atoms with E-state index in [-0.39, 0.29) is 10.5 Å². The summed E-state index contributed by atoms with van der Waals surface area (Å²) in [4.78, 5) is 26.0. The minimum atomic E-state index is -4.04. The van der Waals surface area contributed by atoms with E-state index in [1.165, 1.54) is 30.3 Å². The van der Waals surface area contributed by atoms with Crippen LogP contribution in [0.1, 0.15) is 21.7 Å². The maximum absolute atomic E-state index is 12.7. The molecule has 0 aliphatic carbocycles. The number of carbonyl (C=O) groups excluding carboxylic acids is 1. The molecule has 0 saturated carbocycles. The second-order valence-electron chi connectivity index (χ2n) is 6.97. The fourth-order valence-corrected chi connectivity index (χ4v) is 4.30. The lowest BCUT2D eigenvalue weighted by Gasteiger charge is -2.11. The molecule has 2 heterocycles. The largest absolute Gasteiger partial charge is 0.423 e. The van der Waals surface area contributed by atoms with E-state index >= 15 is 0 Å². The van der Waals surface area contributed by atoms with Gasteiger partial charge in [0.15, 0.2) is 0 Å². The molecular formula is C22H19N3O5S. The predicted octanol–water partition coefficient (Wildman–Crippen LogP) is 2.82. The van der Waals surface area contributed by atoms with Crippen molar-refractivity contribution < 1.29 is 17.6 Å². The van der Waals surface area contributed by atoms with Crippen LogP contribution in [0.15, 0.2) is 80.8 Å². The number of hydrogen-bond donors (Lipinski definition) is 2. The molecule has 1 amide bonds. The number of nitrogens with zero attached hydrogens (tertiary/aromatic N) is 1. The average Bonchev–Trinajstić information content (AvgIpc) is 3.06. The number of hydrazine groups is 1. The van der Waals surface area contributed by atoms with Crippen LogP contribution in [0.3, 0.4) is 0 Å². The van der Waals surface area contributed by atoms with E-state index in [1.54, 1.807) is 13.0 Å². The van der Waals surface area contributed by atoms with Crippen molar-refractivity contribution in [2.45, 2.75) is 18.7 Å². The zero-order valence-corrected chi connectivity index (χ0v) is 17.6. The Kier molecular flexibility index (Phi) is 5.22. The van der Waals surface area contributed by atoms with Crippen LogP contribution in [0.5, 0.6) is 0 Å². The summed E-state index contributed by atoms with van der Waals surface area (Å²) in [7, 11) is -4.04. The fourth-order valence-electron chi connectivity index (χ4n) is 3.42. The van der Waals surface area contributed by atoms with Gasteiger partial charge < -0.3 is 8.98 Å². The minimum absolute atomic E-state index is 0.0797. The first-order valence-corrected chi connectivity index (χ1v) is 10.8. The van der Waals surface area contributed by atoms with Gasteiger partial charge in [-0.25, -0.2) is 13.2 Å². The van der Waals surface area contributed by atoms with E-state index in [0.29, 0.717) is 16.6 Å². The summed E-state index contributed by atoms with van der Waals surface area (Å²) in [6, 6.07) is 18.0. The lowest BCUT2D eigenvalue weighted by atomic mass is 10.2. The third-order valence-corrected chi connectivity index (χ3v) is 6.14. The molecule has 4 rings (SSSR count). The molecule has 0 aliphatic heterocycles. The molecule has 0 fully saturated rings. The third kappa shape index (κ3) is 4.00. The van der Waals surface area contributed by atoms with Crippen LogP contribution in [0.25, 0.3) is 16.7 Å². The van der Waals surface area contributed by atoms with E-state index in [2.05, 4.69) is 10.3 Å². The number of aromatic nitrogens is 1. The van der Waals surface area contributed by atoms with Crippen molar-refractivity contribution in [2.24, 2.45) is 0 Å². The maximum atomic E-state index is 12.7. The van der Waals surface area contributed by atoms with Crippen molar-refractivity contribution in [2.75, 3.05) is 0 Å². The lowest BCUT2D eigenvalue weighted by Crippen LogP contribution is -2.41. The first-order chi connectivity index (χ1) is 14.8. The van der Waals surface area contributed by atoms with E-state index in [4.69, 9.17) is 4.42 Å². The van der Waals surface area contributed by atoms with Crippen molar-refractivity contribution in [3.05, 3.63) is 94.1 Å². The van der Waals surface area contributed by atoms with Crippen molar-refractivity contribution in [3.8, 4) is 5.69 Å². The fraction of sp³-hybridized carbons (Fsp3) is 0.0909. The number of amides is 1. The molecule has 0 aliphatic rings. The first kappa shape index (κ1) is 20.6. The SMILES string of the molecule is Cc1cc(C(=O)NNS(=O)(=O)c2ccc3oc(=O)ccc3c2)c(C)n1-c1ccccc1. The molecular weight excluding hydrogens is 418 g/mol. The van der Waals surface area contributed by atoms with Crippen LogP contribution < -0.4 is 15.9 Å². The normalized spacial score (nSPS) is 11.5. The Labute approximate surface area is 178 Å². The highest BCUT2D eigenvalue weighted by molar-refractivity contribution is 7.89. The summed E-state index contributed by atoms with van der Waals surface area (Å²) in [5.74, 6) is -0.578. The lowest BCUT2D eigenvalue weighted by molar-refractivity contribution is 0.0944. The van der Waals surface area contributed by atoms with Crippen LogP contribution >= 0.6 is 0 Å². The number of hydrogen-bond acceptors (Lipinski definition) is 5. The van der Waals surface area contributed by atoms with Gasteiger partial charge in [-0.2, -0.15) is 0 Å². The van der Waals surface area contributed by atoms with E-state index in [9.17, 15) is 18.0 Å². The monoisotopic (exact) mass is 437 g/mol. The van der Waals surface area contributed by atoms with Gasteiger partial charge in [0, 0.05) is 28.5 Å². The van der Waals surface area contributed by atoms with Crippen LogP contribution in [0.2, 0.25) is 0 Å². The molecule has 0 bridgehead atoms. The molecule has 31 heavy (non-hydrogen) atoms. The molecule has 8 nitrogen and oxygen atoms in total. The summed E-state index contributed by atoms with van der Waals surface area (Å²) in [5, 5.41) is 0.445. The van der Waals surface area contributed by atoms with Gasteiger partial charge in [-0.3, -0.25) is 10.2 Å². The topological polar surface area (TPSA) is 110 Å².